The number of nitrogens with one attached hydrogen (secondary N) is 1. The van der Waals surface area contributed by atoms with Crippen molar-refractivity contribution < 1.29 is 9.53 Å². The van der Waals surface area contributed by atoms with Gasteiger partial charge in [-0.3, -0.25) is 4.79 Å². The molecule has 1 atom stereocenters. The van der Waals surface area contributed by atoms with Crippen LogP contribution >= 0.6 is 23.2 Å². The molecule has 0 saturated heterocycles. The van der Waals surface area contributed by atoms with Crippen molar-refractivity contribution in [2.24, 2.45) is 0 Å². The number of amides is 1. The summed E-state index contributed by atoms with van der Waals surface area (Å²) in [5.41, 5.74) is 0. The molecule has 94 valence electrons. The zero-order valence-electron chi connectivity index (χ0n) is 9.80. The first-order valence-corrected chi connectivity index (χ1v) is 6.19. The predicted molar refractivity (Wildman–Crippen MR) is 69.9 cm³/mol. The highest BCUT2D eigenvalue weighted by atomic mass is 35.5. The van der Waals surface area contributed by atoms with Crippen molar-refractivity contribution >= 4 is 29.1 Å². The number of hydrogen-bond acceptors (Lipinski definition) is 2. The van der Waals surface area contributed by atoms with Crippen LogP contribution in [0.25, 0.3) is 0 Å². The Hall–Kier alpha value is -0.930. The third kappa shape index (κ3) is 4.44. The van der Waals surface area contributed by atoms with Gasteiger partial charge in [-0.15, -0.1) is 0 Å². The van der Waals surface area contributed by atoms with Crippen LogP contribution in [0.15, 0.2) is 18.2 Å². The summed E-state index contributed by atoms with van der Waals surface area (Å²) in [4.78, 5) is 11.6. The van der Waals surface area contributed by atoms with Crippen LogP contribution in [-0.4, -0.2) is 18.6 Å². The molecule has 0 bridgehead atoms. The van der Waals surface area contributed by atoms with Crippen LogP contribution < -0.4 is 10.1 Å². The molecule has 17 heavy (non-hydrogen) atoms. The molecule has 5 heteroatoms. The minimum Gasteiger partial charge on any atom is -0.479 e. The molecule has 0 unspecified atom stereocenters. The maximum atomic E-state index is 11.6. The van der Waals surface area contributed by atoms with Gasteiger partial charge >= 0.3 is 0 Å². The van der Waals surface area contributed by atoms with Gasteiger partial charge in [-0.2, -0.15) is 0 Å². The summed E-state index contributed by atoms with van der Waals surface area (Å²) >= 11 is 11.7. The van der Waals surface area contributed by atoms with Crippen molar-refractivity contribution in [3.63, 3.8) is 0 Å². The standard InChI is InChI=1S/C12H15Cl2NO2/c1-3-6-15-12(16)8(2)17-11-5-4-9(13)7-10(11)14/h4-5,7-8H,3,6H2,1-2H3,(H,15,16)/t8-/m1/s1. The van der Waals surface area contributed by atoms with Crippen molar-refractivity contribution in [2.45, 2.75) is 26.4 Å². The van der Waals surface area contributed by atoms with Gasteiger partial charge in [-0.1, -0.05) is 30.1 Å². The quantitative estimate of drug-likeness (QED) is 0.896. The van der Waals surface area contributed by atoms with Crippen LogP contribution in [0.1, 0.15) is 20.3 Å². The van der Waals surface area contributed by atoms with Gasteiger partial charge in [0, 0.05) is 11.6 Å². The van der Waals surface area contributed by atoms with E-state index in [1.54, 1.807) is 25.1 Å². The SMILES string of the molecule is CCCNC(=O)[C@@H](C)Oc1ccc(Cl)cc1Cl. The fraction of sp³-hybridized carbons (Fsp3) is 0.417. The first kappa shape index (κ1) is 14.1. The Bertz CT molecular complexity index is 396. The monoisotopic (exact) mass is 275 g/mol. The highest BCUT2D eigenvalue weighted by molar-refractivity contribution is 6.35. The Labute approximate surface area is 111 Å². The molecule has 3 nitrogen and oxygen atoms in total. The number of halogens is 2. The summed E-state index contributed by atoms with van der Waals surface area (Å²) < 4.78 is 5.46. The van der Waals surface area contributed by atoms with Gasteiger partial charge < -0.3 is 10.1 Å². The molecule has 1 aromatic rings. The number of ether oxygens (including phenoxy) is 1. The predicted octanol–water partition coefficient (Wildman–Crippen LogP) is 3.29. The molecule has 0 fully saturated rings. The minimum absolute atomic E-state index is 0.155. The van der Waals surface area contributed by atoms with Gasteiger partial charge in [0.25, 0.3) is 5.91 Å². The summed E-state index contributed by atoms with van der Waals surface area (Å²) in [6.07, 6.45) is 0.306. The van der Waals surface area contributed by atoms with Crippen molar-refractivity contribution in [1.29, 1.82) is 0 Å². The zero-order valence-corrected chi connectivity index (χ0v) is 11.3. The molecule has 0 aromatic heterocycles. The Morgan fingerprint density at radius 1 is 1.47 bits per heavy atom. The molecule has 0 spiro atoms. The van der Waals surface area contributed by atoms with Crippen molar-refractivity contribution in [2.75, 3.05) is 6.54 Å². The molecule has 0 aliphatic heterocycles. The molecule has 0 saturated carbocycles. The first-order chi connectivity index (χ1) is 8.04. The Kier molecular flexibility index (Phi) is 5.59. The topological polar surface area (TPSA) is 38.3 Å². The second-order valence-corrected chi connectivity index (χ2v) is 4.47. The van der Waals surface area contributed by atoms with Gasteiger partial charge in [0.2, 0.25) is 0 Å². The zero-order chi connectivity index (χ0) is 12.8. The number of carbonyl (C=O) groups excluding carboxylic acids is 1. The van der Waals surface area contributed by atoms with E-state index in [4.69, 9.17) is 27.9 Å². The molecule has 1 amide bonds. The number of carbonyl (C=O) groups is 1. The van der Waals surface area contributed by atoms with Crippen LogP contribution in [-0.2, 0) is 4.79 Å². The number of hydrogen-bond donors (Lipinski definition) is 1. The number of benzene rings is 1. The van der Waals surface area contributed by atoms with Crippen LogP contribution in [0.4, 0.5) is 0 Å². The van der Waals surface area contributed by atoms with E-state index in [-0.39, 0.29) is 5.91 Å². The second kappa shape index (κ2) is 6.72. The van der Waals surface area contributed by atoms with E-state index in [0.29, 0.717) is 22.3 Å². The lowest BCUT2D eigenvalue weighted by atomic mass is 10.3. The molecule has 0 radical (unpaired) electrons. The lowest BCUT2D eigenvalue weighted by molar-refractivity contribution is -0.127. The maximum Gasteiger partial charge on any atom is 0.260 e. The largest absolute Gasteiger partial charge is 0.479 e. The van der Waals surface area contributed by atoms with Crippen molar-refractivity contribution in [3.05, 3.63) is 28.2 Å². The average Bonchev–Trinajstić information content (AvgIpc) is 2.29. The van der Waals surface area contributed by atoms with E-state index in [9.17, 15) is 4.79 Å². The lowest BCUT2D eigenvalue weighted by Crippen LogP contribution is -2.36. The van der Waals surface area contributed by atoms with Crippen LogP contribution in [0.3, 0.4) is 0 Å². The van der Waals surface area contributed by atoms with E-state index in [0.717, 1.165) is 6.42 Å². The van der Waals surface area contributed by atoms with Gasteiger partial charge in [-0.25, -0.2) is 0 Å². The van der Waals surface area contributed by atoms with Crippen LogP contribution in [0, 0.1) is 0 Å². The second-order valence-electron chi connectivity index (χ2n) is 3.63. The third-order valence-electron chi connectivity index (χ3n) is 2.12. The Balaban J connectivity index is 2.61. The highest BCUT2D eigenvalue weighted by Crippen LogP contribution is 2.28. The molecule has 0 aliphatic carbocycles. The van der Waals surface area contributed by atoms with Gasteiger partial charge in [0.1, 0.15) is 5.75 Å². The van der Waals surface area contributed by atoms with E-state index >= 15 is 0 Å². The lowest BCUT2D eigenvalue weighted by Gasteiger charge is -2.15. The summed E-state index contributed by atoms with van der Waals surface area (Å²) in [5.74, 6) is 0.299. The van der Waals surface area contributed by atoms with Crippen molar-refractivity contribution in [1.82, 2.24) is 5.32 Å². The molecule has 1 aromatic carbocycles. The summed E-state index contributed by atoms with van der Waals surface area (Å²) in [7, 11) is 0. The molecule has 1 rings (SSSR count). The Morgan fingerprint density at radius 2 is 2.18 bits per heavy atom. The fourth-order valence-corrected chi connectivity index (χ4v) is 1.66. The molecule has 0 heterocycles. The Morgan fingerprint density at radius 3 is 2.76 bits per heavy atom. The van der Waals surface area contributed by atoms with Gasteiger partial charge in [0.15, 0.2) is 6.10 Å². The summed E-state index contributed by atoms with van der Waals surface area (Å²) in [6.45, 7) is 4.30. The summed E-state index contributed by atoms with van der Waals surface area (Å²) in [5, 5.41) is 3.68. The van der Waals surface area contributed by atoms with E-state index < -0.39 is 6.10 Å². The molecule has 0 aliphatic rings. The molecular weight excluding hydrogens is 261 g/mol. The molecular formula is C12H15Cl2NO2. The average molecular weight is 276 g/mol. The van der Waals surface area contributed by atoms with Crippen LogP contribution in [0.2, 0.25) is 10.0 Å². The maximum absolute atomic E-state index is 11.6. The smallest absolute Gasteiger partial charge is 0.260 e. The van der Waals surface area contributed by atoms with Gasteiger partial charge in [0.05, 0.1) is 5.02 Å². The van der Waals surface area contributed by atoms with E-state index in [1.807, 2.05) is 6.92 Å². The highest BCUT2D eigenvalue weighted by Gasteiger charge is 2.15. The van der Waals surface area contributed by atoms with Crippen LogP contribution in [0.5, 0.6) is 5.75 Å². The van der Waals surface area contributed by atoms with Crippen molar-refractivity contribution in [3.8, 4) is 5.75 Å². The summed E-state index contributed by atoms with van der Waals surface area (Å²) in [6, 6.07) is 4.89. The van der Waals surface area contributed by atoms with Gasteiger partial charge in [-0.05, 0) is 31.5 Å². The van der Waals surface area contributed by atoms with E-state index in [1.165, 1.54) is 0 Å². The minimum atomic E-state index is -0.583. The fourth-order valence-electron chi connectivity index (χ4n) is 1.21. The normalized spacial score (nSPS) is 12.0. The number of rotatable bonds is 5. The third-order valence-corrected chi connectivity index (χ3v) is 2.65. The molecule has 1 N–H and O–H groups in total. The van der Waals surface area contributed by atoms with E-state index in [2.05, 4.69) is 5.32 Å². The first-order valence-electron chi connectivity index (χ1n) is 5.44.